The van der Waals surface area contributed by atoms with Crippen LogP contribution in [0.3, 0.4) is 0 Å². The molecule has 0 amide bonds. The lowest BCUT2D eigenvalue weighted by molar-refractivity contribution is 0.128. The van der Waals surface area contributed by atoms with Crippen LogP contribution in [0.5, 0.6) is 5.75 Å². The van der Waals surface area contributed by atoms with Gasteiger partial charge < -0.3 is 4.74 Å². The Bertz CT molecular complexity index is 1150. The molecule has 152 valence electrons. The first-order valence-electron chi connectivity index (χ1n) is 11.9. The maximum atomic E-state index is 5.63. The maximum Gasteiger partial charge on any atom is 0.119 e. The molecular formula is C28H28OS. The molecule has 1 heterocycles. The van der Waals surface area contributed by atoms with Crippen molar-refractivity contribution in [1.82, 2.24) is 0 Å². The van der Waals surface area contributed by atoms with E-state index in [0.29, 0.717) is 0 Å². The minimum Gasteiger partial charge on any atom is -0.497 e. The Morgan fingerprint density at radius 1 is 0.900 bits per heavy atom. The second-order valence-corrected chi connectivity index (χ2v) is 12.2. The topological polar surface area (TPSA) is 9.23 Å². The summed E-state index contributed by atoms with van der Waals surface area (Å²) in [7, 11) is 1.79. The van der Waals surface area contributed by atoms with Gasteiger partial charge in [0.05, 0.1) is 7.11 Å². The van der Waals surface area contributed by atoms with Crippen molar-refractivity contribution < 1.29 is 4.74 Å². The molecule has 4 saturated carbocycles. The Hall–Kier alpha value is -1.76. The van der Waals surface area contributed by atoms with E-state index in [2.05, 4.69) is 59.7 Å². The van der Waals surface area contributed by atoms with E-state index in [-0.39, 0.29) is 5.41 Å². The van der Waals surface area contributed by atoms with E-state index in [9.17, 15) is 0 Å². The summed E-state index contributed by atoms with van der Waals surface area (Å²) in [4.78, 5) is 0. The summed E-state index contributed by atoms with van der Waals surface area (Å²) in [6.07, 6.45) is 5.74. The minimum absolute atomic E-state index is 0.245. The standard InChI is InChI=1S/C28H28OS/c1-14-3-5-23-17(7-14)18-9-16(29-2)4-6-24(18)28(23)11-21-19-10-20(22(21)12-28)27-25-8-15(13-30-25)26(19)27/h3-7,9,15,19-22,25-27H,8,10-12H2,1-2H3. The van der Waals surface area contributed by atoms with Gasteiger partial charge in [-0.05, 0) is 103 Å². The van der Waals surface area contributed by atoms with Gasteiger partial charge in [-0.1, -0.05) is 35.0 Å². The normalized spacial score (nSPS) is 44.9. The molecule has 30 heavy (non-hydrogen) atoms. The van der Waals surface area contributed by atoms with Crippen LogP contribution in [0.4, 0.5) is 0 Å². The van der Waals surface area contributed by atoms with E-state index in [4.69, 9.17) is 4.74 Å². The summed E-state index contributed by atoms with van der Waals surface area (Å²) < 4.78 is 5.63. The van der Waals surface area contributed by atoms with Gasteiger partial charge in [0.2, 0.25) is 0 Å². The highest BCUT2D eigenvalue weighted by Gasteiger charge is 2.69. The summed E-state index contributed by atoms with van der Waals surface area (Å²) >= 11 is 2.09. The monoisotopic (exact) mass is 412 g/mol. The third-order valence-corrected chi connectivity index (χ3v) is 11.5. The molecule has 9 atom stereocenters. The predicted molar refractivity (Wildman–Crippen MR) is 122 cm³/mol. The number of hydrogen-bond acceptors (Lipinski definition) is 1. The SMILES string of the molecule is COc1ccc2c(c1)-c1cc(C)ccc1C21CC2C(C1)C1CC2C2C3C#SC(C3)C12. The lowest BCUT2D eigenvalue weighted by atomic mass is 9.69. The lowest BCUT2D eigenvalue weighted by Gasteiger charge is -2.37. The molecule has 8 rings (SSSR count). The van der Waals surface area contributed by atoms with Gasteiger partial charge in [0.1, 0.15) is 5.75 Å². The molecule has 4 fully saturated rings. The van der Waals surface area contributed by atoms with Crippen molar-refractivity contribution in [3.05, 3.63) is 53.1 Å². The minimum atomic E-state index is 0.245. The van der Waals surface area contributed by atoms with E-state index >= 15 is 0 Å². The van der Waals surface area contributed by atoms with E-state index in [1.807, 2.05) is 0 Å². The van der Waals surface area contributed by atoms with Gasteiger partial charge in [-0.15, -0.1) is 11.2 Å². The average Bonchev–Trinajstić information content (AvgIpc) is 3.57. The number of rotatable bonds is 1. The summed E-state index contributed by atoms with van der Waals surface area (Å²) in [5.74, 6) is 7.64. The molecule has 2 aromatic rings. The molecule has 9 unspecified atom stereocenters. The first-order valence-corrected chi connectivity index (χ1v) is 12.8. The third kappa shape index (κ3) is 1.77. The Morgan fingerprint density at radius 3 is 2.43 bits per heavy atom. The second kappa shape index (κ2) is 5.34. The number of hydrogen-bond donors (Lipinski definition) is 0. The predicted octanol–water partition coefficient (Wildman–Crippen LogP) is 6.27. The quantitative estimate of drug-likeness (QED) is 0.501. The Morgan fingerprint density at radius 2 is 1.63 bits per heavy atom. The molecule has 6 aliphatic rings. The largest absolute Gasteiger partial charge is 0.497 e. The molecule has 0 radical (unpaired) electrons. The summed E-state index contributed by atoms with van der Waals surface area (Å²) in [6, 6.07) is 14.2. The van der Waals surface area contributed by atoms with Gasteiger partial charge in [-0.3, -0.25) is 0 Å². The van der Waals surface area contributed by atoms with Crippen LogP contribution in [0.15, 0.2) is 36.4 Å². The molecular weight excluding hydrogens is 384 g/mol. The third-order valence-electron chi connectivity index (χ3n) is 10.3. The van der Waals surface area contributed by atoms with Gasteiger partial charge in [0.15, 0.2) is 0 Å². The van der Waals surface area contributed by atoms with Crippen LogP contribution in [-0.2, 0) is 5.41 Å². The highest BCUT2D eigenvalue weighted by Crippen LogP contribution is 2.74. The van der Waals surface area contributed by atoms with Crippen LogP contribution in [0, 0.1) is 53.5 Å². The molecule has 0 N–H and O–H groups in total. The van der Waals surface area contributed by atoms with E-state index in [1.54, 1.807) is 18.2 Å². The fourth-order valence-corrected chi connectivity index (χ4v) is 11.0. The molecule has 1 spiro atoms. The molecule has 2 heteroatoms. The van der Waals surface area contributed by atoms with E-state index in [1.165, 1.54) is 42.4 Å². The van der Waals surface area contributed by atoms with Crippen LogP contribution in [-0.4, -0.2) is 12.4 Å². The zero-order valence-corrected chi connectivity index (χ0v) is 18.5. The number of fused-ring (bicyclic) bond motifs is 17. The fraction of sp³-hybridized carbons (Fsp3) is 0.536. The second-order valence-electron chi connectivity index (χ2n) is 11.1. The Kier molecular flexibility index (Phi) is 3.01. The van der Waals surface area contributed by atoms with Crippen LogP contribution < -0.4 is 4.74 Å². The van der Waals surface area contributed by atoms with Crippen molar-refractivity contribution >= 4 is 11.2 Å². The van der Waals surface area contributed by atoms with Crippen molar-refractivity contribution in [3.63, 3.8) is 0 Å². The van der Waals surface area contributed by atoms with Crippen molar-refractivity contribution in [1.29, 1.82) is 0 Å². The van der Waals surface area contributed by atoms with Crippen molar-refractivity contribution in [2.24, 2.45) is 41.4 Å². The van der Waals surface area contributed by atoms with Gasteiger partial charge in [-0.25, -0.2) is 0 Å². The Balaban J connectivity index is 1.28. The molecule has 0 aromatic heterocycles. The van der Waals surface area contributed by atoms with Crippen LogP contribution in [0.1, 0.15) is 42.4 Å². The number of ether oxygens (including phenoxy) is 1. The highest BCUT2D eigenvalue weighted by molar-refractivity contribution is 7.89. The molecule has 1 aliphatic heterocycles. The molecule has 0 saturated heterocycles. The number of benzene rings is 2. The smallest absolute Gasteiger partial charge is 0.119 e. The lowest BCUT2D eigenvalue weighted by Crippen LogP contribution is -2.34. The summed E-state index contributed by atoms with van der Waals surface area (Å²) in [5, 5.41) is 4.71. The van der Waals surface area contributed by atoms with Crippen LogP contribution in [0.25, 0.3) is 11.1 Å². The van der Waals surface area contributed by atoms with Crippen molar-refractivity contribution in [2.75, 3.05) is 7.11 Å². The van der Waals surface area contributed by atoms with Gasteiger partial charge in [0.25, 0.3) is 0 Å². The van der Waals surface area contributed by atoms with Gasteiger partial charge >= 0.3 is 0 Å². The molecule has 5 aliphatic carbocycles. The van der Waals surface area contributed by atoms with Crippen LogP contribution >= 0.6 is 11.2 Å². The molecule has 4 bridgehead atoms. The zero-order chi connectivity index (χ0) is 19.8. The van der Waals surface area contributed by atoms with Gasteiger partial charge in [0, 0.05) is 16.6 Å². The molecule has 1 nitrogen and oxygen atoms in total. The van der Waals surface area contributed by atoms with E-state index in [0.717, 1.165) is 52.4 Å². The number of aryl methyl sites for hydroxylation is 1. The van der Waals surface area contributed by atoms with Crippen LogP contribution in [0.2, 0.25) is 0 Å². The zero-order valence-electron chi connectivity index (χ0n) is 17.7. The summed E-state index contributed by atoms with van der Waals surface area (Å²) in [6.45, 7) is 2.23. The Labute approximate surface area is 182 Å². The summed E-state index contributed by atoms with van der Waals surface area (Å²) in [5.41, 5.74) is 7.75. The first kappa shape index (κ1) is 16.9. The fourth-order valence-electron chi connectivity index (χ4n) is 9.50. The first-order chi connectivity index (χ1) is 14.7. The van der Waals surface area contributed by atoms with Crippen molar-refractivity contribution in [3.8, 4) is 22.1 Å². The van der Waals surface area contributed by atoms with E-state index < -0.39 is 0 Å². The maximum absolute atomic E-state index is 5.63. The van der Waals surface area contributed by atoms with Gasteiger partial charge in [-0.2, -0.15) is 0 Å². The number of methoxy groups -OCH3 is 1. The highest BCUT2D eigenvalue weighted by atomic mass is 32.1. The average molecular weight is 413 g/mol. The molecule has 2 aromatic carbocycles. The van der Waals surface area contributed by atoms with Crippen molar-refractivity contribution in [2.45, 2.75) is 43.3 Å².